The molecular formula is C18H26N2O2. The number of carbonyl (C=O) groups excluding carboxylic acids is 1. The second kappa shape index (κ2) is 7.52. The minimum atomic E-state index is -0.101. The quantitative estimate of drug-likeness (QED) is 0.862. The van der Waals surface area contributed by atoms with Crippen molar-refractivity contribution < 1.29 is 9.53 Å². The number of hydrogen-bond acceptors (Lipinski definition) is 2. The highest BCUT2D eigenvalue weighted by Gasteiger charge is 2.17. The summed E-state index contributed by atoms with van der Waals surface area (Å²) in [7, 11) is 0. The predicted molar refractivity (Wildman–Crippen MR) is 88.4 cm³/mol. The molecular weight excluding hydrogens is 276 g/mol. The van der Waals surface area contributed by atoms with Crippen LogP contribution in [-0.2, 0) is 0 Å². The summed E-state index contributed by atoms with van der Waals surface area (Å²) in [5.74, 6) is 0.894. The fourth-order valence-corrected chi connectivity index (χ4v) is 3.41. The molecule has 0 aromatic heterocycles. The van der Waals surface area contributed by atoms with Gasteiger partial charge in [0.05, 0.1) is 6.10 Å². The van der Waals surface area contributed by atoms with Crippen molar-refractivity contribution in [1.82, 2.24) is 5.32 Å². The lowest BCUT2D eigenvalue weighted by atomic mass is 9.96. The van der Waals surface area contributed by atoms with Gasteiger partial charge >= 0.3 is 6.03 Å². The maximum Gasteiger partial charge on any atom is 0.319 e. The molecule has 0 bridgehead atoms. The first-order chi connectivity index (χ1) is 10.8. The molecule has 0 spiro atoms. The van der Waals surface area contributed by atoms with Crippen LogP contribution >= 0.6 is 0 Å². The molecule has 2 fully saturated rings. The number of urea groups is 1. The molecule has 22 heavy (non-hydrogen) atoms. The first-order valence-electron chi connectivity index (χ1n) is 8.64. The minimum Gasteiger partial charge on any atom is -0.490 e. The molecule has 0 unspecified atom stereocenters. The van der Waals surface area contributed by atoms with Gasteiger partial charge in [0.2, 0.25) is 0 Å². The summed E-state index contributed by atoms with van der Waals surface area (Å²) in [6.45, 7) is 0. The van der Waals surface area contributed by atoms with E-state index in [1.165, 1.54) is 32.1 Å². The molecule has 0 saturated heterocycles. The lowest BCUT2D eigenvalue weighted by Gasteiger charge is -2.22. The van der Waals surface area contributed by atoms with Crippen LogP contribution in [0, 0.1) is 0 Å². The van der Waals surface area contributed by atoms with E-state index in [1.807, 2.05) is 24.3 Å². The van der Waals surface area contributed by atoms with Crippen molar-refractivity contribution in [1.29, 1.82) is 0 Å². The van der Waals surface area contributed by atoms with E-state index in [4.69, 9.17) is 4.74 Å². The van der Waals surface area contributed by atoms with Crippen molar-refractivity contribution in [3.05, 3.63) is 24.3 Å². The van der Waals surface area contributed by atoms with Crippen LogP contribution in [0.5, 0.6) is 5.75 Å². The van der Waals surface area contributed by atoms with Crippen molar-refractivity contribution in [3.63, 3.8) is 0 Å². The molecule has 2 aliphatic rings. The molecule has 1 aromatic rings. The van der Waals surface area contributed by atoms with Crippen LogP contribution in [0.3, 0.4) is 0 Å². The third kappa shape index (κ3) is 4.39. The van der Waals surface area contributed by atoms with Crippen molar-refractivity contribution in [2.75, 3.05) is 5.32 Å². The summed E-state index contributed by atoms with van der Waals surface area (Å²) in [4.78, 5) is 12.0. The minimum absolute atomic E-state index is 0.101. The third-order valence-corrected chi connectivity index (χ3v) is 4.66. The van der Waals surface area contributed by atoms with Crippen molar-refractivity contribution >= 4 is 11.7 Å². The smallest absolute Gasteiger partial charge is 0.319 e. The summed E-state index contributed by atoms with van der Waals surface area (Å²) in [5, 5.41) is 5.96. The first-order valence-corrected chi connectivity index (χ1v) is 8.64. The highest BCUT2D eigenvalue weighted by atomic mass is 16.5. The van der Waals surface area contributed by atoms with Gasteiger partial charge in [0.25, 0.3) is 0 Å². The second-order valence-electron chi connectivity index (χ2n) is 6.48. The lowest BCUT2D eigenvalue weighted by molar-refractivity contribution is 0.210. The molecule has 2 saturated carbocycles. The monoisotopic (exact) mass is 302 g/mol. The Morgan fingerprint density at radius 3 is 2.23 bits per heavy atom. The van der Waals surface area contributed by atoms with Crippen LogP contribution in [-0.4, -0.2) is 18.2 Å². The van der Waals surface area contributed by atoms with Crippen molar-refractivity contribution in [2.45, 2.75) is 69.9 Å². The Hall–Kier alpha value is -1.71. The van der Waals surface area contributed by atoms with E-state index in [0.29, 0.717) is 12.1 Å². The van der Waals surface area contributed by atoms with Crippen LogP contribution in [0.15, 0.2) is 24.3 Å². The normalized spacial score (nSPS) is 19.8. The third-order valence-electron chi connectivity index (χ3n) is 4.66. The SMILES string of the molecule is O=C(Nc1ccc(OC2CCCC2)cc1)NC1CCCCC1. The lowest BCUT2D eigenvalue weighted by Crippen LogP contribution is -2.38. The first kappa shape index (κ1) is 15.2. The summed E-state index contributed by atoms with van der Waals surface area (Å²) in [6.07, 6.45) is 11.2. The van der Waals surface area contributed by atoms with E-state index in [0.717, 1.165) is 37.1 Å². The van der Waals surface area contributed by atoms with Crippen molar-refractivity contribution in [3.8, 4) is 5.75 Å². The fourth-order valence-electron chi connectivity index (χ4n) is 3.41. The van der Waals surface area contributed by atoms with Gasteiger partial charge in [0, 0.05) is 11.7 Å². The molecule has 4 heteroatoms. The zero-order chi connectivity index (χ0) is 15.2. The van der Waals surface area contributed by atoms with Gasteiger partial charge in [0.1, 0.15) is 5.75 Å². The Kier molecular flexibility index (Phi) is 5.20. The van der Waals surface area contributed by atoms with E-state index < -0.39 is 0 Å². The number of amides is 2. The van der Waals surface area contributed by atoms with Gasteiger partial charge in [-0.1, -0.05) is 19.3 Å². The number of nitrogens with one attached hydrogen (secondary N) is 2. The highest BCUT2D eigenvalue weighted by Crippen LogP contribution is 2.25. The van der Waals surface area contributed by atoms with E-state index in [2.05, 4.69) is 10.6 Å². The van der Waals surface area contributed by atoms with Gasteiger partial charge in [-0.15, -0.1) is 0 Å². The maximum absolute atomic E-state index is 12.0. The number of rotatable bonds is 4. The molecule has 0 radical (unpaired) electrons. The summed E-state index contributed by atoms with van der Waals surface area (Å²) >= 11 is 0. The number of anilines is 1. The Morgan fingerprint density at radius 2 is 1.55 bits per heavy atom. The van der Waals surface area contributed by atoms with Gasteiger partial charge < -0.3 is 15.4 Å². The molecule has 0 atom stereocenters. The zero-order valence-electron chi connectivity index (χ0n) is 13.1. The van der Waals surface area contributed by atoms with Crippen LogP contribution in [0.2, 0.25) is 0 Å². The van der Waals surface area contributed by atoms with E-state index in [-0.39, 0.29) is 6.03 Å². The predicted octanol–water partition coefficient (Wildman–Crippen LogP) is 4.46. The topological polar surface area (TPSA) is 50.4 Å². The van der Waals surface area contributed by atoms with Gasteiger partial charge in [-0.05, 0) is 62.8 Å². The van der Waals surface area contributed by atoms with Gasteiger partial charge in [-0.3, -0.25) is 0 Å². The average Bonchev–Trinajstić information content (AvgIpc) is 3.03. The van der Waals surface area contributed by atoms with Gasteiger partial charge in [-0.25, -0.2) is 4.79 Å². The largest absolute Gasteiger partial charge is 0.490 e. The van der Waals surface area contributed by atoms with Crippen molar-refractivity contribution in [2.24, 2.45) is 0 Å². The number of benzene rings is 1. The van der Waals surface area contributed by atoms with E-state index in [1.54, 1.807) is 0 Å². The van der Waals surface area contributed by atoms with Crippen LogP contribution in [0.4, 0.5) is 10.5 Å². The molecule has 0 aliphatic heterocycles. The van der Waals surface area contributed by atoms with Crippen LogP contribution < -0.4 is 15.4 Å². The molecule has 2 aliphatic carbocycles. The number of ether oxygens (including phenoxy) is 1. The fraction of sp³-hybridized carbons (Fsp3) is 0.611. The molecule has 2 amide bonds. The highest BCUT2D eigenvalue weighted by molar-refractivity contribution is 5.89. The standard InChI is InChI=1S/C18H26N2O2/c21-18(19-14-6-2-1-3-7-14)20-15-10-12-17(13-11-15)22-16-8-4-5-9-16/h10-14,16H,1-9H2,(H2,19,20,21). The molecule has 120 valence electrons. The molecule has 0 heterocycles. The molecule has 1 aromatic carbocycles. The Morgan fingerprint density at radius 1 is 0.909 bits per heavy atom. The van der Waals surface area contributed by atoms with Gasteiger partial charge in [0.15, 0.2) is 0 Å². The Bertz CT molecular complexity index is 474. The van der Waals surface area contributed by atoms with E-state index >= 15 is 0 Å². The second-order valence-corrected chi connectivity index (χ2v) is 6.48. The maximum atomic E-state index is 12.0. The number of carbonyl (C=O) groups is 1. The molecule has 3 rings (SSSR count). The van der Waals surface area contributed by atoms with Crippen LogP contribution in [0.25, 0.3) is 0 Å². The van der Waals surface area contributed by atoms with Gasteiger partial charge in [-0.2, -0.15) is 0 Å². The number of hydrogen-bond donors (Lipinski definition) is 2. The van der Waals surface area contributed by atoms with Crippen LogP contribution in [0.1, 0.15) is 57.8 Å². The molecule has 4 nitrogen and oxygen atoms in total. The summed E-state index contributed by atoms with van der Waals surface area (Å²) in [6, 6.07) is 7.92. The molecule has 2 N–H and O–H groups in total. The average molecular weight is 302 g/mol. The Balaban J connectivity index is 1.46. The Labute approximate surface area is 132 Å². The summed E-state index contributed by atoms with van der Waals surface area (Å²) < 4.78 is 5.93. The summed E-state index contributed by atoms with van der Waals surface area (Å²) in [5.41, 5.74) is 0.812. The zero-order valence-corrected chi connectivity index (χ0v) is 13.1. The van der Waals surface area contributed by atoms with E-state index in [9.17, 15) is 4.79 Å².